The molecule has 0 saturated carbocycles. The first-order chi connectivity index (χ1) is 35.0. The van der Waals surface area contributed by atoms with Crippen LogP contribution in [0.5, 0.6) is 0 Å². The summed E-state index contributed by atoms with van der Waals surface area (Å²) in [7, 11) is 1.44. The lowest BCUT2D eigenvalue weighted by atomic mass is 9.99. The number of nitrogens with two attached hydrogens (primary N) is 4. The fraction of sp³-hybridized carbons (Fsp3) is 0.481. The Bertz CT molecular complexity index is 2650. The number of unbranched alkanes of at least 4 members (excludes halogenated alkanes) is 1. The molecule has 0 unspecified atom stereocenters. The molecule has 21 nitrogen and oxygen atoms in total. The van der Waals surface area contributed by atoms with Crippen molar-refractivity contribution in [1.29, 1.82) is 0 Å². The van der Waals surface area contributed by atoms with Crippen LogP contribution in [0.1, 0.15) is 88.7 Å². The van der Waals surface area contributed by atoms with E-state index in [1.54, 1.807) is 6.20 Å². The van der Waals surface area contributed by atoms with Gasteiger partial charge in [0.1, 0.15) is 36.3 Å². The Labute approximate surface area is 424 Å². The summed E-state index contributed by atoms with van der Waals surface area (Å²) < 4.78 is 0. The lowest BCUT2D eigenvalue weighted by Crippen LogP contribution is -2.60. The average molecular weight is 1010 g/mol. The summed E-state index contributed by atoms with van der Waals surface area (Å²) in [5.74, 6) is -5.59. The zero-order valence-corrected chi connectivity index (χ0v) is 41.7. The van der Waals surface area contributed by atoms with Crippen LogP contribution in [0.3, 0.4) is 0 Å². The molecule has 4 aromatic rings. The molecule has 2 aliphatic heterocycles. The second kappa shape index (κ2) is 26.2. The number of primary amides is 1. The number of likely N-dealkylation sites (N-methyl/N-ethyl adjacent to an activating group) is 1. The summed E-state index contributed by atoms with van der Waals surface area (Å²) >= 11 is 0. The first-order valence-corrected chi connectivity index (χ1v) is 25.2. The van der Waals surface area contributed by atoms with Gasteiger partial charge in [-0.15, -0.1) is 0 Å². The molecule has 0 spiro atoms. The quantitative estimate of drug-likeness (QED) is 0.0474. The largest absolute Gasteiger partial charge is 0.370 e. The Hall–Kier alpha value is -7.55. The molecule has 21 heteroatoms. The van der Waals surface area contributed by atoms with Gasteiger partial charge in [-0.3, -0.25) is 43.3 Å². The molecule has 3 aromatic carbocycles. The van der Waals surface area contributed by atoms with Crippen LogP contribution in [-0.2, 0) is 51.2 Å². The van der Waals surface area contributed by atoms with Crippen LogP contribution in [0.15, 0.2) is 77.9 Å². The number of amides is 8. The van der Waals surface area contributed by atoms with Gasteiger partial charge in [0.25, 0.3) is 0 Å². The Morgan fingerprint density at radius 3 is 2.30 bits per heavy atom. The Morgan fingerprint density at radius 1 is 0.808 bits per heavy atom. The standard InChI is InChI=1S/C52H71N13O8/c1-3-4-16-36(53)46(68)63-41-29-44(66)57-23-10-9-18-38(45(54)67)60-49(71)43(28-34-30-59-37-17-8-7-15-35(34)37)64(2)50(72)39(19-11-24-58-52(55)56)61-47(69)40(62-48(70)42-20-12-25-65(42)51(41)73)27-31-21-22-32-13-5-6-14-33(32)26-31/h5-8,13-15,17,21-22,26,30,36,38-43,59H,3-4,9-12,16,18-20,23-25,27-29,53H2,1-2H3,(H2,54,67)(H,57,66)(H,60,71)(H,61,69)(H,62,70)(H,63,68)(H4,55,56,58)/t36-,38-,39-,40+,41-,42-,43-/m0/s1. The van der Waals surface area contributed by atoms with Crippen molar-refractivity contribution < 1.29 is 38.4 Å². The van der Waals surface area contributed by atoms with Gasteiger partial charge in [-0.1, -0.05) is 80.4 Å². The molecular weight excluding hydrogens is 935 g/mol. The number of carbonyl (C=O) groups is 8. The molecule has 3 heterocycles. The fourth-order valence-electron chi connectivity index (χ4n) is 9.48. The second-order valence-corrected chi connectivity index (χ2v) is 19.0. The van der Waals surface area contributed by atoms with Crippen molar-refractivity contribution in [3.05, 3.63) is 84.1 Å². The number of benzene rings is 3. The highest BCUT2D eigenvalue weighted by Gasteiger charge is 2.41. The van der Waals surface area contributed by atoms with Gasteiger partial charge in [-0.25, -0.2) is 0 Å². The normalized spacial score (nSPS) is 22.7. The Kier molecular flexibility index (Phi) is 19.7. The zero-order chi connectivity index (χ0) is 52.6. The van der Waals surface area contributed by atoms with E-state index in [0.717, 1.165) is 28.1 Å². The molecule has 1 aromatic heterocycles. The minimum Gasteiger partial charge on any atom is -0.370 e. The summed E-state index contributed by atoms with van der Waals surface area (Å²) in [6.07, 6.45) is 4.60. The summed E-state index contributed by atoms with van der Waals surface area (Å²) in [6.45, 7) is 2.29. The maximum atomic E-state index is 15.0. The van der Waals surface area contributed by atoms with Crippen molar-refractivity contribution >= 4 is 74.9 Å². The van der Waals surface area contributed by atoms with Gasteiger partial charge in [-0.05, 0) is 79.3 Å². The third kappa shape index (κ3) is 15.0. The van der Waals surface area contributed by atoms with Crippen molar-refractivity contribution in [1.82, 2.24) is 41.4 Å². The first-order valence-electron chi connectivity index (χ1n) is 25.2. The van der Waals surface area contributed by atoms with Crippen LogP contribution < -0.4 is 49.5 Å². The van der Waals surface area contributed by atoms with E-state index in [-0.39, 0.29) is 64.1 Å². The van der Waals surface area contributed by atoms with Gasteiger partial charge >= 0.3 is 0 Å². The van der Waals surface area contributed by atoms with E-state index in [4.69, 9.17) is 22.9 Å². The molecule has 14 N–H and O–H groups in total. The predicted molar refractivity (Wildman–Crippen MR) is 277 cm³/mol. The van der Waals surface area contributed by atoms with Gasteiger partial charge in [0, 0.05) is 56.6 Å². The van der Waals surface area contributed by atoms with Crippen LogP contribution in [-0.4, -0.2) is 137 Å². The van der Waals surface area contributed by atoms with Gasteiger partial charge in [0.2, 0.25) is 47.3 Å². The number of para-hydroxylation sites is 1. The minimum absolute atomic E-state index is 0.000536. The number of aromatic amines is 1. The molecule has 73 heavy (non-hydrogen) atoms. The number of carbonyl (C=O) groups excluding carboxylic acids is 8. The van der Waals surface area contributed by atoms with E-state index < -0.39 is 96.0 Å². The smallest absolute Gasteiger partial charge is 0.246 e. The van der Waals surface area contributed by atoms with Crippen LogP contribution in [0.4, 0.5) is 0 Å². The Morgan fingerprint density at radius 2 is 1.55 bits per heavy atom. The monoisotopic (exact) mass is 1010 g/mol. The van der Waals surface area contributed by atoms with Crippen LogP contribution in [0, 0.1) is 0 Å². The summed E-state index contributed by atoms with van der Waals surface area (Å²) in [5.41, 5.74) is 25.5. The number of guanidine groups is 1. The number of H-pyrrole nitrogens is 1. The van der Waals surface area contributed by atoms with E-state index in [2.05, 4.69) is 36.6 Å². The molecule has 2 saturated heterocycles. The second-order valence-electron chi connectivity index (χ2n) is 19.0. The molecule has 2 aliphatic rings. The number of nitrogens with zero attached hydrogens (tertiary/aromatic N) is 3. The van der Waals surface area contributed by atoms with Crippen LogP contribution in [0.2, 0.25) is 0 Å². The summed E-state index contributed by atoms with van der Waals surface area (Å²) in [6, 6.07) is 12.3. The van der Waals surface area contributed by atoms with E-state index in [1.165, 1.54) is 16.8 Å². The van der Waals surface area contributed by atoms with Crippen molar-refractivity contribution in [2.24, 2.45) is 27.9 Å². The minimum atomic E-state index is -1.39. The molecule has 392 valence electrons. The molecule has 2 fully saturated rings. The molecule has 0 bridgehead atoms. The van der Waals surface area contributed by atoms with Crippen molar-refractivity contribution in [3.63, 3.8) is 0 Å². The highest BCUT2D eigenvalue weighted by Crippen LogP contribution is 2.24. The number of hydrogen-bond acceptors (Lipinski definition) is 10. The van der Waals surface area contributed by atoms with E-state index in [0.29, 0.717) is 43.2 Å². The van der Waals surface area contributed by atoms with Gasteiger partial charge < -0.3 is 64.3 Å². The number of fused-ring (bicyclic) bond motifs is 3. The number of hydrogen-bond donors (Lipinski definition) is 10. The lowest BCUT2D eigenvalue weighted by Gasteiger charge is -2.33. The van der Waals surface area contributed by atoms with Crippen molar-refractivity contribution in [2.45, 2.75) is 133 Å². The van der Waals surface area contributed by atoms with Crippen molar-refractivity contribution in [3.8, 4) is 0 Å². The third-order valence-electron chi connectivity index (χ3n) is 13.6. The first kappa shape index (κ1) is 54.8. The average Bonchev–Trinajstić information content (AvgIpc) is 4.04. The molecular formula is C52H71N13O8. The lowest BCUT2D eigenvalue weighted by molar-refractivity contribution is -0.144. The van der Waals surface area contributed by atoms with Crippen LogP contribution in [0.25, 0.3) is 21.7 Å². The Balaban J connectivity index is 1.39. The van der Waals surface area contributed by atoms with E-state index in [9.17, 15) is 38.4 Å². The fourth-order valence-corrected chi connectivity index (χ4v) is 9.48. The van der Waals surface area contributed by atoms with Gasteiger partial charge in [0.05, 0.1) is 12.5 Å². The van der Waals surface area contributed by atoms with E-state index in [1.807, 2.05) is 73.7 Å². The number of aliphatic imine (C=N–C) groups is 1. The number of aromatic nitrogens is 1. The zero-order valence-electron chi connectivity index (χ0n) is 41.7. The highest BCUT2D eigenvalue weighted by atomic mass is 16.2. The number of nitrogens with one attached hydrogen (secondary N) is 6. The molecule has 6 rings (SSSR count). The maximum Gasteiger partial charge on any atom is 0.246 e. The third-order valence-corrected chi connectivity index (χ3v) is 13.6. The highest BCUT2D eigenvalue weighted by molar-refractivity contribution is 5.99. The SMILES string of the molecule is CCCC[C@H](N)C(=O)N[C@H]1CC(=O)NCCCC[C@@H](C(N)=O)NC(=O)[C@H](Cc2c[nH]c3ccccc23)N(C)C(=O)[C@H](CCCN=C(N)N)NC(=O)[C@@H](Cc2ccc3ccccc3c2)NC(=O)[C@@H]2CCCN2C1=O. The van der Waals surface area contributed by atoms with Gasteiger partial charge in [0.15, 0.2) is 5.96 Å². The molecule has 8 amide bonds. The van der Waals surface area contributed by atoms with Crippen LogP contribution >= 0.6 is 0 Å². The molecule has 7 atom stereocenters. The maximum absolute atomic E-state index is 15.0. The topological polar surface area (TPSA) is 335 Å². The number of rotatable bonds is 14. The predicted octanol–water partition coefficient (Wildman–Crippen LogP) is 0.610. The summed E-state index contributed by atoms with van der Waals surface area (Å²) in [5, 5.41) is 16.6. The molecule has 0 aliphatic carbocycles. The summed E-state index contributed by atoms with van der Waals surface area (Å²) in [4.78, 5) is 123. The van der Waals surface area contributed by atoms with E-state index >= 15 is 0 Å². The van der Waals surface area contributed by atoms with Gasteiger partial charge in [-0.2, -0.15) is 0 Å². The molecule has 0 radical (unpaired) electrons. The van der Waals surface area contributed by atoms with Crippen molar-refractivity contribution in [2.75, 3.05) is 26.7 Å².